The predicted molar refractivity (Wildman–Crippen MR) is 98.3 cm³/mol. The lowest BCUT2D eigenvalue weighted by Gasteiger charge is -2.16. The predicted octanol–water partition coefficient (Wildman–Crippen LogP) is 2.41. The Morgan fingerprint density at radius 1 is 1.16 bits per heavy atom. The molecular weight excluding hydrogens is 318 g/mol. The molecule has 1 aromatic carbocycles. The second-order valence-corrected chi connectivity index (χ2v) is 5.84. The lowest BCUT2D eigenvalue weighted by Crippen LogP contribution is -2.24. The number of carbonyl (C=O) groups is 1. The summed E-state index contributed by atoms with van der Waals surface area (Å²) in [5, 5.41) is 2.95. The van der Waals surface area contributed by atoms with Crippen molar-refractivity contribution in [3.05, 3.63) is 47.7 Å². The number of pyridine rings is 1. The number of hydrogen-bond donors (Lipinski definition) is 1. The molecule has 2 aromatic rings. The van der Waals surface area contributed by atoms with Crippen LogP contribution >= 0.6 is 0 Å². The van der Waals surface area contributed by atoms with Gasteiger partial charge in [0.2, 0.25) is 5.91 Å². The molecule has 0 saturated carbocycles. The smallest absolute Gasteiger partial charge is 0.220 e. The van der Waals surface area contributed by atoms with E-state index in [1.165, 1.54) is 0 Å². The third-order valence-corrected chi connectivity index (χ3v) is 3.88. The Hall–Kier alpha value is -2.76. The Bertz CT molecular complexity index is 717. The van der Waals surface area contributed by atoms with Gasteiger partial charge < -0.3 is 19.7 Å². The Labute approximate surface area is 148 Å². The van der Waals surface area contributed by atoms with Gasteiger partial charge in [0, 0.05) is 38.8 Å². The van der Waals surface area contributed by atoms with Crippen molar-refractivity contribution in [2.24, 2.45) is 0 Å². The number of nitrogens with one attached hydrogen (secondary N) is 1. The highest BCUT2D eigenvalue weighted by atomic mass is 16.5. The van der Waals surface area contributed by atoms with Crippen LogP contribution in [0.15, 0.2) is 36.5 Å². The summed E-state index contributed by atoms with van der Waals surface area (Å²) < 4.78 is 10.6. The van der Waals surface area contributed by atoms with E-state index in [0.29, 0.717) is 19.4 Å². The fourth-order valence-electron chi connectivity index (χ4n) is 2.58. The van der Waals surface area contributed by atoms with Crippen molar-refractivity contribution in [2.45, 2.75) is 19.4 Å². The van der Waals surface area contributed by atoms with Crippen LogP contribution in [0, 0.1) is 0 Å². The van der Waals surface area contributed by atoms with Gasteiger partial charge >= 0.3 is 0 Å². The molecule has 0 atom stereocenters. The minimum Gasteiger partial charge on any atom is -0.497 e. The maximum absolute atomic E-state index is 12.2. The van der Waals surface area contributed by atoms with Gasteiger partial charge in [0.05, 0.1) is 14.2 Å². The molecule has 0 unspecified atom stereocenters. The molecule has 0 saturated heterocycles. The van der Waals surface area contributed by atoms with Gasteiger partial charge in [-0.05, 0) is 36.2 Å². The topological polar surface area (TPSA) is 63.7 Å². The Morgan fingerprint density at radius 2 is 1.96 bits per heavy atom. The molecule has 1 N–H and O–H groups in total. The van der Waals surface area contributed by atoms with Crippen molar-refractivity contribution in [1.82, 2.24) is 10.3 Å². The van der Waals surface area contributed by atoms with Crippen molar-refractivity contribution < 1.29 is 14.3 Å². The molecule has 25 heavy (non-hydrogen) atoms. The van der Waals surface area contributed by atoms with Gasteiger partial charge in [0.25, 0.3) is 0 Å². The number of hydrogen-bond acceptors (Lipinski definition) is 5. The van der Waals surface area contributed by atoms with Gasteiger partial charge in [-0.2, -0.15) is 0 Å². The summed E-state index contributed by atoms with van der Waals surface area (Å²) in [5.41, 5.74) is 1.94. The summed E-state index contributed by atoms with van der Waals surface area (Å²) in [5.74, 6) is 2.36. The number of methoxy groups -OCH3 is 2. The van der Waals surface area contributed by atoms with Gasteiger partial charge in [-0.15, -0.1) is 0 Å². The van der Waals surface area contributed by atoms with E-state index < -0.39 is 0 Å². The number of anilines is 1. The minimum absolute atomic E-state index is 0.0153. The molecule has 6 heteroatoms. The Kier molecular flexibility index (Phi) is 6.62. The highest BCUT2D eigenvalue weighted by Gasteiger charge is 2.10. The number of nitrogens with zero attached hydrogens (tertiary/aromatic N) is 2. The van der Waals surface area contributed by atoms with E-state index in [0.717, 1.165) is 28.4 Å². The molecule has 0 spiro atoms. The zero-order valence-corrected chi connectivity index (χ0v) is 15.2. The molecule has 0 aliphatic carbocycles. The average molecular weight is 343 g/mol. The highest BCUT2D eigenvalue weighted by molar-refractivity contribution is 5.76. The second-order valence-electron chi connectivity index (χ2n) is 5.84. The van der Waals surface area contributed by atoms with Crippen molar-refractivity contribution in [1.29, 1.82) is 0 Å². The molecule has 2 rings (SSSR count). The summed E-state index contributed by atoms with van der Waals surface area (Å²) in [6.07, 6.45) is 2.70. The number of ether oxygens (including phenoxy) is 2. The van der Waals surface area contributed by atoms with Crippen LogP contribution in [-0.2, 0) is 17.8 Å². The van der Waals surface area contributed by atoms with Crippen molar-refractivity contribution in [3.63, 3.8) is 0 Å². The van der Waals surface area contributed by atoms with Crippen LogP contribution in [0.25, 0.3) is 0 Å². The molecule has 1 aromatic heterocycles. The Balaban J connectivity index is 1.94. The van der Waals surface area contributed by atoms with E-state index >= 15 is 0 Å². The van der Waals surface area contributed by atoms with Crippen LogP contribution in [0.2, 0.25) is 0 Å². The number of carbonyl (C=O) groups excluding carboxylic acids is 1. The molecule has 1 amide bonds. The monoisotopic (exact) mass is 343 g/mol. The van der Waals surface area contributed by atoms with Crippen LogP contribution in [0.1, 0.15) is 17.5 Å². The van der Waals surface area contributed by atoms with Gasteiger partial charge in [-0.3, -0.25) is 4.79 Å². The molecule has 0 aliphatic rings. The molecule has 0 aliphatic heterocycles. The number of aromatic nitrogens is 1. The zero-order chi connectivity index (χ0) is 18.2. The maximum atomic E-state index is 12.2. The van der Waals surface area contributed by atoms with E-state index in [4.69, 9.17) is 9.47 Å². The average Bonchev–Trinajstić information content (AvgIpc) is 2.64. The molecule has 134 valence electrons. The zero-order valence-electron chi connectivity index (χ0n) is 15.2. The Morgan fingerprint density at radius 3 is 2.64 bits per heavy atom. The minimum atomic E-state index is -0.0153. The van der Waals surface area contributed by atoms with E-state index in [9.17, 15) is 4.79 Å². The molecule has 0 radical (unpaired) electrons. The molecular formula is C19H25N3O3. The van der Waals surface area contributed by atoms with Gasteiger partial charge in [0.15, 0.2) is 0 Å². The van der Waals surface area contributed by atoms with Crippen LogP contribution < -0.4 is 19.7 Å². The van der Waals surface area contributed by atoms with Crippen LogP contribution in [-0.4, -0.2) is 39.2 Å². The third kappa shape index (κ3) is 5.11. The normalized spacial score (nSPS) is 10.2. The van der Waals surface area contributed by atoms with Crippen LogP contribution in [0.3, 0.4) is 0 Å². The number of rotatable bonds is 8. The van der Waals surface area contributed by atoms with Crippen LogP contribution in [0.5, 0.6) is 11.5 Å². The van der Waals surface area contributed by atoms with E-state index in [-0.39, 0.29) is 5.91 Å². The van der Waals surface area contributed by atoms with Crippen molar-refractivity contribution in [3.8, 4) is 11.5 Å². The fourth-order valence-corrected chi connectivity index (χ4v) is 2.58. The largest absolute Gasteiger partial charge is 0.497 e. The summed E-state index contributed by atoms with van der Waals surface area (Å²) in [6, 6.07) is 9.43. The van der Waals surface area contributed by atoms with Gasteiger partial charge in [-0.1, -0.05) is 6.07 Å². The lowest BCUT2D eigenvalue weighted by atomic mass is 10.1. The maximum Gasteiger partial charge on any atom is 0.220 e. The SMILES string of the molecule is COc1ccc(OC)c(CCC(=O)NCc2cccnc2N(C)C)c1. The summed E-state index contributed by atoms with van der Waals surface area (Å²) in [7, 11) is 7.11. The molecule has 6 nitrogen and oxygen atoms in total. The summed E-state index contributed by atoms with van der Waals surface area (Å²) >= 11 is 0. The number of aryl methyl sites for hydroxylation is 1. The van der Waals surface area contributed by atoms with Crippen LogP contribution in [0.4, 0.5) is 5.82 Å². The van der Waals surface area contributed by atoms with Crippen molar-refractivity contribution in [2.75, 3.05) is 33.2 Å². The van der Waals surface area contributed by atoms with Gasteiger partial charge in [0.1, 0.15) is 17.3 Å². The third-order valence-electron chi connectivity index (χ3n) is 3.88. The summed E-state index contributed by atoms with van der Waals surface area (Å²) in [6.45, 7) is 0.454. The first kappa shape index (κ1) is 18.6. The highest BCUT2D eigenvalue weighted by Crippen LogP contribution is 2.25. The molecule has 1 heterocycles. The van der Waals surface area contributed by atoms with Crippen molar-refractivity contribution >= 4 is 11.7 Å². The fraction of sp³-hybridized carbons (Fsp3) is 0.368. The quantitative estimate of drug-likeness (QED) is 0.797. The standard InChI is InChI=1S/C19H25N3O3/c1-22(2)19-15(6-5-11-20-19)13-21-18(23)10-7-14-12-16(24-3)8-9-17(14)25-4/h5-6,8-9,11-12H,7,10,13H2,1-4H3,(H,21,23). The van der Waals surface area contributed by atoms with E-state index in [2.05, 4.69) is 10.3 Å². The molecule has 0 bridgehead atoms. The number of amides is 1. The van der Waals surface area contributed by atoms with E-state index in [1.807, 2.05) is 49.3 Å². The first-order valence-corrected chi connectivity index (χ1v) is 8.14. The van der Waals surface area contributed by atoms with E-state index in [1.54, 1.807) is 20.4 Å². The second kappa shape index (κ2) is 8.92. The molecule has 0 fully saturated rings. The summed E-state index contributed by atoms with van der Waals surface area (Å²) in [4.78, 5) is 18.5. The number of benzene rings is 1. The lowest BCUT2D eigenvalue weighted by molar-refractivity contribution is -0.121. The first-order valence-electron chi connectivity index (χ1n) is 8.14. The van der Waals surface area contributed by atoms with Gasteiger partial charge in [-0.25, -0.2) is 4.98 Å². The first-order chi connectivity index (χ1) is 12.0.